The lowest BCUT2D eigenvalue weighted by Gasteiger charge is -2.37. The summed E-state index contributed by atoms with van der Waals surface area (Å²) in [5.41, 5.74) is 8.45. The zero-order valence-electron chi connectivity index (χ0n) is 11.9. The molecule has 2 aromatic rings. The Hall–Kier alpha value is -0.840. The molecule has 1 aliphatic rings. The first kappa shape index (κ1) is 14.1. The molecule has 1 saturated heterocycles. The van der Waals surface area contributed by atoms with Gasteiger partial charge in [-0.15, -0.1) is 0 Å². The number of nitrogens with one attached hydrogen (secondary N) is 1. The first-order valence-corrected chi connectivity index (χ1v) is 8.16. The molecule has 2 atom stereocenters. The number of rotatable bonds is 3. The second kappa shape index (κ2) is 5.88. The number of nitrogens with two attached hydrogens (primary N) is 1. The molecule has 0 spiro atoms. The molecule has 108 valence electrons. The lowest BCUT2D eigenvalue weighted by molar-refractivity contribution is 0.114. The van der Waals surface area contributed by atoms with Crippen LogP contribution in [0.15, 0.2) is 28.9 Å². The average molecular weight is 336 g/mol. The first-order chi connectivity index (χ1) is 9.67. The maximum Gasteiger partial charge on any atom is 0.0458 e. The van der Waals surface area contributed by atoms with E-state index in [1.54, 1.807) is 0 Å². The summed E-state index contributed by atoms with van der Waals surface area (Å²) < 4.78 is 1.14. The predicted octanol–water partition coefficient (Wildman–Crippen LogP) is 3.49. The van der Waals surface area contributed by atoms with Crippen LogP contribution in [0.2, 0.25) is 0 Å². The predicted molar refractivity (Wildman–Crippen MR) is 87.6 cm³/mol. The van der Waals surface area contributed by atoms with Crippen LogP contribution in [0.5, 0.6) is 0 Å². The van der Waals surface area contributed by atoms with E-state index >= 15 is 0 Å². The minimum atomic E-state index is 0.648. The Morgan fingerprint density at radius 2 is 2.25 bits per heavy atom. The Morgan fingerprint density at radius 3 is 3.05 bits per heavy atom. The molecule has 0 radical (unpaired) electrons. The number of hydrogen-bond donors (Lipinski definition) is 2. The van der Waals surface area contributed by atoms with Crippen molar-refractivity contribution in [2.75, 3.05) is 13.1 Å². The number of halogens is 1. The number of hydrogen-bond acceptors (Lipinski definition) is 2. The Morgan fingerprint density at radius 1 is 1.40 bits per heavy atom. The maximum atomic E-state index is 5.86. The zero-order valence-corrected chi connectivity index (χ0v) is 13.5. The van der Waals surface area contributed by atoms with E-state index in [-0.39, 0.29) is 0 Å². The van der Waals surface area contributed by atoms with Gasteiger partial charge in [-0.1, -0.05) is 15.9 Å². The lowest BCUT2D eigenvalue weighted by Crippen LogP contribution is -2.43. The van der Waals surface area contributed by atoms with Gasteiger partial charge in [0.1, 0.15) is 0 Å². The number of fused-ring (bicyclic) bond motifs is 1. The summed E-state index contributed by atoms with van der Waals surface area (Å²) in [6.45, 7) is 5.27. The van der Waals surface area contributed by atoms with E-state index in [1.165, 1.54) is 29.3 Å². The normalized spacial score (nSPS) is 24.4. The van der Waals surface area contributed by atoms with Gasteiger partial charge in [-0.2, -0.15) is 0 Å². The van der Waals surface area contributed by atoms with Crippen LogP contribution >= 0.6 is 15.9 Å². The minimum absolute atomic E-state index is 0.648. The van der Waals surface area contributed by atoms with Crippen LogP contribution in [0.4, 0.5) is 0 Å². The van der Waals surface area contributed by atoms with Crippen molar-refractivity contribution in [1.29, 1.82) is 0 Å². The molecule has 0 amide bonds. The molecular formula is C16H22BrN3. The van der Waals surface area contributed by atoms with Crippen LogP contribution in [0.25, 0.3) is 10.9 Å². The summed E-state index contributed by atoms with van der Waals surface area (Å²) >= 11 is 3.57. The van der Waals surface area contributed by atoms with Crippen LogP contribution in [-0.2, 0) is 6.54 Å². The summed E-state index contributed by atoms with van der Waals surface area (Å²) in [5, 5.41) is 1.32. The number of piperidine rings is 1. The van der Waals surface area contributed by atoms with Gasteiger partial charge in [0, 0.05) is 40.7 Å². The van der Waals surface area contributed by atoms with Gasteiger partial charge in [-0.05, 0) is 56.0 Å². The Balaban J connectivity index is 1.83. The molecule has 2 heterocycles. The van der Waals surface area contributed by atoms with Crippen molar-refractivity contribution in [2.24, 2.45) is 11.7 Å². The monoisotopic (exact) mass is 335 g/mol. The molecule has 1 aromatic carbocycles. The highest BCUT2D eigenvalue weighted by Crippen LogP contribution is 2.27. The number of aromatic nitrogens is 1. The van der Waals surface area contributed by atoms with Crippen LogP contribution in [0.1, 0.15) is 25.3 Å². The van der Waals surface area contributed by atoms with Crippen molar-refractivity contribution >= 4 is 26.8 Å². The van der Waals surface area contributed by atoms with Gasteiger partial charge < -0.3 is 10.7 Å². The van der Waals surface area contributed by atoms with E-state index in [1.807, 2.05) is 0 Å². The van der Waals surface area contributed by atoms with E-state index in [0.717, 1.165) is 24.1 Å². The minimum Gasteiger partial charge on any atom is -0.361 e. The number of nitrogens with zero attached hydrogens (tertiary/aromatic N) is 1. The zero-order chi connectivity index (χ0) is 14.1. The van der Waals surface area contributed by atoms with Crippen molar-refractivity contribution in [2.45, 2.75) is 32.4 Å². The van der Waals surface area contributed by atoms with E-state index in [9.17, 15) is 0 Å². The lowest BCUT2D eigenvalue weighted by atomic mass is 9.93. The molecule has 1 aromatic heterocycles. The standard InChI is InChI=1S/C16H22BrN3/c1-11-2-3-12(7-18)9-20(11)10-13-8-19-16-5-4-14(17)6-15(13)16/h4-6,8,11-12,19H,2-3,7,9-10,18H2,1H3. The highest BCUT2D eigenvalue weighted by molar-refractivity contribution is 9.10. The second-order valence-corrected chi connectivity index (χ2v) is 6.88. The van der Waals surface area contributed by atoms with Crippen LogP contribution in [0, 0.1) is 5.92 Å². The Kier molecular flexibility index (Phi) is 4.15. The fourth-order valence-electron chi connectivity index (χ4n) is 3.18. The molecule has 0 aliphatic carbocycles. The van der Waals surface area contributed by atoms with Crippen molar-refractivity contribution in [3.8, 4) is 0 Å². The third kappa shape index (κ3) is 2.78. The van der Waals surface area contributed by atoms with Crippen LogP contribution in [-0.4, -0.2) is 29.0 Å². The summed E-state index contributed by atoms with van der Waals surface area (Å²) in [4.78, 5) is 5.95. The van der Waals surface area contributed by atoms with Gasteiger partial charge in [-0.25, -0.2) is 0 Å². The fourth-order valence-corrected chi connectivity index (χ4v) is 3.54. The van der Waals surface area contributed by atoms with Crippen molar-refractivity contribution in [3.63, 3.8) is 0 Å². The fraction of sp³-hybridized carbons (Fsp3) is 0.500. The number of likely N-dealkylation sites (tertiary alicyclic amines) is 1. The van der Waals surface area contributed by atoms with E-state index in [2.05, 4.69) is 57.1 Å². The van der Waals surface area contributed by atoms with Crippen LogP contribution in [0.3, 0.4) is 0 Å². The average Bonchev–Trinajstić information content (AvgIpc) is 2.84. The molecule has 0 bridgehead atoms. The van der Waals surface area contributed by atoms with Gasteiger partial charge in [0.2, 0.25) is 0 Å². The highest BCUT2D eigenvalue weighted by Gasteiger charge is 2.25. The molecule has 3 rings (SSSR count). The summed E-state index contributed by atoms with van der Waals surface area (Å²) in [6, 6.07) is 7.06. The quantitative estimate of drug-likeness (QED) is 0.901. The molecule has 20 heavy (non-hydrogen) atoms. The summed E-state index contributed by atoms with van der Waals surface area (Å²) in [5.74, 6) is 0.656. The van der Waals surface area contributed by atoms with Crippen LogP contribution < -0.4 is 5.73 Å². The SMILES string of the molecule is CC1CCC(CN)CN1Cc1c[nH]c2ccc(Br)cc12. The molecular weight excluding hydrogens is 314 g/mol. The largest absolute Gasteiger partial charge is 0.361 e. The number of aromatic amines is 1. The Labute approximate surface area is 128 Å². The molecule has 1 fully saturated rings. The summed E-state index contributed by atoms with van der Waals surface area (Å²) in [7, 11) is 0. The summed E-state index contributed by atoms with van der Waals surface area (Å²) in [6.07, 6.45) is 4.68. The maximum absolute atomic E-state index is 5.86. The van der Waals surface area contributed by atoms with Gasteiger partial charge >= 0.3 is 0 Å². The third-order valence-electron chi connectivity index (χ3n) is 4.54. The second-order valence-electron chi connectivity index (χ2n) is 5.96. The first-order valence-electron chi connectivity index (χ1n) is 7.37. The van der Waals surface area contributed by atoms with Gasteiger partial charge in [-0.3, -0.25) is 4.90 Å². The number of H-pyrrole nitrogens is 1. The smallest absolute Gasteiger partial charge is 0.0458 e. The highest BCUT2D eigenvalue weighted by atomic mass is 79.9. The molecule has 1 aliphatic heterocycles. The number of benzene rings is 1. The topological polar surface area (TPSA) is 45.0 Å². The molecule has 2 unspecified atom stereocenters. The van der Waals surface area contributed by atoms with E-state index in [4.69, 9.17) is 5.73 Å². The third-order valence-corrected chi connectivity index (χ3v) is 5.04. The van der Waals surface area contributed by atoms with Gasteiger partial charge in [0.25, 0.3) is 0 Å². The van der Waals surface area contributed by atoms with Crippen molar-refractivity contribution < 1.29 is 0 Å². The van der Waals surface area contributed by atoms with Gasteiger partial charge in [0.05, 0.1) is 0 Å². The van der Waals surface area contributed by atoms with E-state index < -0.39 is 0 Å². The van der Waals surface area contributed by atoms with Crippen molar-refractivity contribution in [1.82, 2.24) is 9.88 Å². The molecule has 3 nitrogen and oxygen atoms in total. The van der Waals surface area contributed by atoms with Gasteiger partial charge in [0.15, 0.2) is 0 Å². The van der Waals surface area contributed by atoms with E-state index in [0.29, 0.717) is 12.0 Å². The molecule has 4 heteroatoms. The molecule has 0 saturated carbocycles. The van der Waals surface area contributed by atoms with Crippen molar-refractivity contribution in [3.05, 3.63) is 34.4 Å². The Bertz CT molecular complexity index is 592. The molecule has 3 N–H and O–H groups in total.